The highest BCUT2D eigenvalue weighted by Crippen LogP contribution is 2.31. The average molecular weight is 324 g/mol. The van der Waals surface area contributed by atoms with E-state index < -0.39 is 5.97 Å². The second kappa shape index (κ2) is 5.40. The van der Waals surface area contributed by atoms with Gasteiger partial charge in [-0.1, -0.05) is 6.07 Å². The van der Waals surface area contributed by atoms with Crippen molar-refractivity contribution in [2.24, 2.45) is 0 Å². The average Bonchev–Trinajstić information content (AvgIpc) is 2.38. The molecule has 3 nitrogen and oxygen atoms in total. The standard InChI is InChI=1S/C14H11BrFNO2/c1-17(10-7-5-9(16)6-8-10)12-4-2-3-11(15)13(12)14(18)19/h2-8H,1H3,(H,18,19). The number of hydrogen-bond acceptors (Lipinski definition) is 2. The molecule has 0 aliphatic carbocycles. The van der Waals surface area contributed by atoms with Crippen LogP contribution in [-0.4, -0.2) is 18.1 Å². The second-order valence-corrected chi connectivity index (χ2v) is 4.83. The lowest BCUT2D eigenvalue weighted by atomic mass is 10.1. The molecule has 0 spiro atoms. The van der Waals surface area contributed by atoms with Crippen molar-refractivity contribution < 1.29 is 14.3 Å². The normalized spacial score (nSPS) is 10.3. The van der Waals surface area contributed by atoms with E-state index in [0.29, 0.717) is 15.8 Å². The van der Waals surface area contributed by atoms with E-state index in [-0.39, 0.29) is 11.4 Å². The van der Waals surface area contributed by atoms with Gasteiger partial charge in [-0.05, 0) is 52.3 Å². The highest BCUT2D eigenvalue weighted by molar-refractivity contribution is 9.10. The van der Waals surface area contributed by atoms with Crippen LogP contribution in [0.5, 0.6) is 0 Å². The van der Waals surface area contributed by atoms with Gasteiger partial charge in [-0.2, -0.15) is 0 Å². The van der Waals surface area contributed by atoms with E-state index in [0.717, 1.165) is 0 Å². The molecular weight excluding hydrogens is 313 g/mol. The Hall–Kier alpha value is -1.88. The fourth-order valence-electron chi connectivity index (χ4n) is 1.81. The first-order chi connectivity index (χ1) is 9.00. The molecule has 98 valence electrons. The van der Waals surface area contributed by atoms with Crippen molar-refractivity contribution >= 4 is 33.3 Å². The summed E-state index contributed by atoms with van der Waals surface area (Å²) in [6.45, 7) is 0. The van der Waals surface area contributed by atoms with E-state index in [9.17, 15) is 14.3 Å². The first kappa shape index (κ1) is 13.5. The van der Waals surface area contributed by atoms with Crippen LogP contribution in [0.25, 0.3) is 0 Å². The minimum Gasteiger partial charge on any atom is -0.478 e. The minimum absolute atomic E-state index is 0.175. The molecule has 0 atom stereocenters. The molecule has 0 aromatic heterocycles. The summed E-state index contributed by atoms with van der Waals surface area (Å²) < 4.78 is 13.4. The molecule has 19 heavy (non-hydrogen) atoms. The SMILES string of the molecule is CN(c1ccc(F)cc1)c1cccc(Br)c1C(=O)O. The van der Waals surface area contributed by atoms with E-state index in [1.807, 2.05) is 0 Å². The molecule has 0 unspecified atom stereocenters. The Morgan fingerprint density at radius 1 is 1.21 bits per heavy atom. The topological polar surface area (TPSA) is 40.5 Å². The molecule has 2 rings (SSSR count). The minimum atomic E-state index is -1.02. The lowest BCUT2D eigenvalue weighted by Gasteiger charge is -2.22. The second-order valence-electron chi connectivity index (χ2n) is 3.97. The van der Waals surface area contributed by atoms with Gasteiger partial charge in [0.1, 0.15) is 5.82 Å². The fourth-order valence-corrected chi connectivity index (χ4v) is 2.33. The maximum atomic E-state index is 12.9. The van der Waals surface area contributed by atoms with Gasteiger partial charge in [-0.25, -0.2) is 9.18 Å². The number of benzene rings is 2. The number of carboxylic acids is 1. The van der Waals surface area contributed by atoms with Gasteiger partial charge in [0, 0.05) is 17.2 Å². The van der Waals surface area contributed by atoms with Crippen LogP contribution in [0.1, 0.15) is 10.4 Å². The number of rotatable bonds is 3. The van der Waals surface area contributed by atoms with Gasteiger partial charge in [0.25, 0.3) is 0 Å². The zero-order valence-electron chi connectivity index (χ0n) is 10.1. The van der Waals surface area contributed by atoms with Crippen molar-refractivity contribution in [3.8, 4) is 0 Å². The smallest absolute Gasteiger partial charge is 0.338 e. The lowest BCUT2D eigenvalue weighted by Crippen LogP contribution is -2.14. The number of halogens is 2. The van der Waals surface area contributed by atoms with E-state index in [4.69, 9.17) is 0 Å². The number of aromatic carboxylic acids is 1. The summed E-state index contributed by atoms with van der Waals surface area (Å²) in [4.78, 5) is 13.0. The van der Waals surface area contributed by atoms with Crippen molar-refractivity contribution in [3.05, 3.63) is 58.3 Å². The Bertz CT molecular complexity index is 613. The Morgan fingerprint density at radius 2 is 1.84 bits per heavy atom. The van der Waals surface area contributed by atoms with E-state index >= 15 is 0 Å². The van der Waals surface area contributed by atoms with Crippen molar-refractivity contribution in [2.75, 3.05) is 11.9 Å². The van der Waals surface area contributed by atoms with E-state index in [1.165, 1.54) is 12.1 Å². The van der Waals surface area contributed by atoms with Gasteiger partial charge in [0.2, 0.25) is 0 Å². The molecule has 0 saturated carbocycles. The molecular formula is C14H11BrFNO2. The summed E-state index contributed by atoms with van der Waals surface area (Å²) in [6.07, 6.45) is 0. The Morgan fingerprint density at radius 3 is 2.42 bits per heavy atom. The van der Waals surface area contributed by atoms with Crippen molar-refractivity contribution in [2.45, 2.75) is 0 Å². The number of anilines is 2. The summed E-state index contributed by atoms with van der Waals surface area (Å²) >= 11 is 3.23. The highest BCUT2D eigenvalue weighted by atomic mass is 79.9. The lowest BCUT2D eigenvalue weighted by molar-refractivity contribution is 0.0696. The van der Waals surface area contributed by atoms with Crippen LogP contribution in [0.4, 0.5) is 15.8 Å². The van der Waals surface area contributed by atoms with Crippen molar-refractivity contribution in [1.29, 1.82) is 0 Å². The van der Waals surface area contributed by atoms with Crippen LogP contribution >= 0.6 is 15.9 Å². The fraction of sp³-hybridized carbons (Fsp3) is 0.0714. The summed E-state index contributed by atoms with van der Waals surface area (Å²) in [7, 11) is 1.74. The van der Waals surface area contributed by atoms with Crippen LogP contribution in [0.3, 0.4) is 0 Å². The van der Waals surface area contributed by atoms with Gasteiger partial charge < -0.3 is 10.0 Å². The van der Waals surface area contributed by atoms with Crippen LogP contribution in [0, 0.1) is 5.82 Å². The molecule has 0 amide bonds. The predicted molar refractivity (Wildman–Crippen MR) is 75.6 cm³/mol. The molecule has 0 bridgehead atoms. The Kier molecular flexibility index (Phi) is 3.85. The molecule has 0 heterocycles. The van der Waals surface area contributed by atoms with Gasteiger partial charge in [0.15, 0.2) is 0 Å². The molecule has 2 aromatic carbocycles. The Labute approximate surface area is 118 Å². The molecule has 1 N–H and O–H groups in total. The molecule has 0 saturated heterocycles. The van der Waals surface area contributed by atoms with Crippen LogP contribution in [0.2, 0.25) is 0 Å². The van der Waals surface area contributed by atoms with Crippen molar-refractivity contribution in [3.63, 3.8) is 0 Å². The summed E-state index contributed by atoms with van der Waals surface area (Å²) in [6, 6.07) is 11.0. The third-order valence-electron chi connectivity index (χ3n) is 2.78. The number of nitrogens with zero attached hydrogens (tertiary/aromatic N) is 1. The molecule has 0 fully saturated rings. The predicted octanol–water partition coefficient (Wildman–Crippen LogP) is 4.05. The Balaban J connectivity index is 2.49. The first-order valence-corrected chi connectivity index (χ1v) is 6.31. The summed E-state index contributed by atoms with van der Waals surface area (Å²) in [5, 5.41) is 9.27. The molecule has 0 aliphatic heterocycles. The van der Waals surface area contributed by atoms with Gasteiger partial charge >= 0.3 is 5.97 Å². The largest absolute Gasteiger partial charge is 0.478 e. The number of carboxylic acid groups (broad SMARTS) is 1. The summed E-state index contributed by atoms with van der Waals surface area (Å²) in [5.74, 6) is -1.35. The number of carbonyl (C=O) groups is 1. The zero-order valence-corrected chi connectivity index (χ0v) is 11.7. The third-order valence-corrected chi connectivity index (χ3v) is 3.44. The first-order valence-electron chi connectivity index (χ1n) is 5.52. The summed E-state index contributed by atoms with van der Waals surface area (Å²) in [5.41, 5.74) is 1.42. The number of hydrogen-bond donors (Lipinski definition) is 1. The monoisotopic (exact) mass is 323 g/mol. The third kappa shape index (κ3) is 2.76. The van der Waals surface area contributed by atoms with Gasteiger partial charge in [-0.15, -0.1) is 0 Å². The molecule has 2 aromatic rings. The quantitative estimate of drug-likeness (QED) is 0.926. The molecule has 0 radical (unpaired) electrons. The van der Waals surface area contributed by atoms with E-state index in [2.05, 4.69) is 15.9 Å². The van der Waals surface area contributed by atoms with Crippen LogP contribution in [-0.2, 0) is 0 Å². The highest BCUT2D eigenvalue weighted by Gasteiger charge is 2.17. The molecule has 0 aliphatic rings. The maximum absolute atomic E-state index is 12.9. The zero-order chi connectivity index (χ0) is 14.0. The van der Waals surface area contributed by atoms with Crippen molar-refractivity contribution in [1.82, 2.24) is 0 Å². The maximum Gasteiger partial charge on any atom is 0.338 e. The van der Waals surface area contributed by atoms with Gasteiger partial charge in [-0.3, -0.25) is 0 Å². The van der Waals surface area contributed by atoms with Gasteiger partial charge in [0.05, 0.1) is 11.3 Å². The van der Waals surface area contributed by atoms with E-state index in [1.54, 1.807) is 42.3 Å². The molecule has 5 heteroatoms. The van der Waals surface area contributed by atoms with Crippen LogP contribution < -0.4 is 4.90 Å². The van der Waals surface area contributed by atoms with Crippen LogP contribution in [0.15, 0.2) is 46.9 Å².